The maximum Gasteiger partial charge on any atom is 0.312 e. The van der Waals surface area contributed by atoms with Crippen molar-refractivity contribution < 1.29 is 33.7 Å². The van der Waals surface area contributed by atoms with E-state index in [1.165, 1.54) is 12.8 Å². The smallest absolute Gasteiger partial charge is 0.312 e. The molecule has 0 radical (unpaired) electrons. The maximum absolute atomic E-state index is 13.1. The highest BCUT2D eigenvalue weighted by atomic mass is 16.6. The third-order valence-corrected chi connectivity index (χ3v) is 6.79. The van der Waals surface area contributed by atoms with E-state index in [4.69, 9.17) is 24.1 Å². The number of hydrogen-bond acceptors (Lipinski definition) is 7. The summed E-state index contributed by atoms with van der Waals surface area (Å²) in [5.41, 5.74) is 0.121. The van der Waals surface area contributed by atoms with Crippen molar-refractivity contribution in [3.63, 3.8) is 0 Å². The number of carbonyl (C=O) groups excluding carboxylic acids is 2. The summed E-state index contributed by atoms with van der Waals surface area (Å²) in [6, 6.07) is 5.44. The van der Waals surface area contributed by atoms with Crippen LogP contribution in [0.25, 0.3) is 0 Å². The number of amides is 1. The summed E-state index contributed by atoms with van der Waals surface area (Å²) in [5.74, 6) is 1.04. The molecule has 3 fully saturated rings. The molecule has 0 saturated carbocycles. The van der Waals surface area contributed by atoms with Gasteiger partial charge < -0.3 is 24.2 Å². The highest BCUT2D eigenvalue weighted by Gasteiger charge is 2.51. The molecule has 1 aromatic rings. The van der Waals surface area contributed by atoms with Crippen molar-refractivity contribution in [3.8, 4) is 11.5 Å². The number of benzene rings is 1. The van der Waals surface area contributed by atoms with Crippen molar-refractivity contribution in [1.29, 1.82) is 0 Å². The second-order valence-corrected chi connectivity index (χ2v) is 8.75. The van der Waals surface area contributed by atoms with Gasteiger partial charge in [-0.15, -0.1) is 0 Å². The van der Waals surface area contributed by atoms with Gasteiger partial charge in [0.1, 0.15) is 19.3 Å². The number of carboxylic acid groups (broad SMARTS) is 1. The van der Waals surface area contributed by atoms with Crippen molar-refractivity contribution in [2.75, 3.05) is 45.9 Å². The van der Waals surface area contributed by atoms with Crippen LogP contribution in [0.1, 0.15) is 42.5 Å². The normalized spacial score (nSPS) is 23.9. The summed E-state index contributed by atoms with van der Waals surface area (Å²) in [4.78, 5) is 38.4. The summed E-state index contributed by atoms with van der Waals surface area (Å²) in [7, 11) is 0. The first-order valence-corrected chi connectivity index (χ1v) is 11.3. The van der Waals surface area contributed by atoms with Crippen molar-refractivity contribution in [2.24, 2.45) is 5.41 Å². The minimum Gasteiger partial charge on any atom is -0.486 e. The standard InChI is InChI=1S/C22H28N2O5.CH2O2/c25-20(17-4-3-5-18-19(17)28-13-12-27-18)24-10-6-22(7-11-24)14-16(29-21(22)26)15-23-8-1-2-9-23;2-1-3/h3-5,16H,1-2,6-15H2;1H,(H,2,3). The van der Waals surface area contributed by atoms with Gasteiger partial charge in [-0.3, -0.25) is 19.3 Å². The Kier molecular flexibility index (Phi) is 6.83. The lowest BCUT2D eigenvalue weighted by molar-refractivity contribution is -0.151. The molecule has 3 saturated heterocycles. The van der Waals surface area contributed by atoms with Crippen LogP contribution in [0.3, 0.4) is 0 Å². The minimum absolute atomic E-state index is 0.00505. The number of cyclic esters (lactones) is 1. The predicted molar refractivity (Wildman–Crippen MR) is 114 cm³/mol. The molecule has 9 heteroatoms. The number of likely N-dealkylation sites (tertiary alicyclic amines) is 2. The van der Waals surface area contributed by atoms with E-state index in [9.17, 15) is 9.59 Å². The number of ether oxygens (including phenoxy) is 3. The van der Waals surface area contributed by atoms with E-state index in [0.29, 0.717) is 56.2 Å². The lowest BCUT2D eigenvalue weighted by Crippen LogP contribution is -2.45. The second-order valence-electron chi connectivity index (χ2n) is 8.75. The van der Waals surface area contributed by atoms with E-state index >= 15 is 0 Å². The van der Waals surface area contributed by atoms with E-state index < -0.39 is 5.41 Å². The first-order valence-electron chi connectivity index (χ1n) is 11.3. The Hall–Kier alpha value is -2.81. The summed E-state index contributed by atoms with van der Waals surface area (Å²) in [5, 5.41) is 6.89. The summed E-state index contributed by atoms with van der Waals surface area (Å²) >= 11 is 0. The molecule has 9 nitrogen and oxygen atoms in total. The van der Waals surface area contributed by atoms with Gasteiger partial charge >= 0.3 is 5.97 Å². The number of esters is 1. The van der Waals surface area contributed by atoms with E-state index in [1.807, 2.05) is 17.0 Å². The zero-order valence-electron chi connectivity index (χ0n) is 18.2. The van der Waals surface area contributed by atoms with Crippen molar-refractivity contribution in [2.45, 2.75) is 38.2 Å². The van der Waals surface area contributed by atoms with Crippen molar-refractivity contribution >= 4 is 18.3 Å². The minimum atomic E-state index is -0.420. The van der Waals surface area contributed by atoms with Crippen LogP contribution >= 0.6 is 0 Å². The average molecular weight is 447 g/mol. The Morgan fingerprint density at radius 2 is 1.81 bits per heavy atom. The molecule has 0 aromatic heterocycles. The van der Waals surface area contributed by atoms with Crippen LogP contribution in [-0.4, -0.2) is 85.3 Å². The quantitative estimate of drug-likeness (QED) is 0.554. The van der Waals surface area contributed by atoms with E-state index in [1.54, 1.807) is 6.07 Å². The third-order valence-electron chi connectivity index (χ3n) is 6.79. The number of rotatable bonds is 3. The molecule has 4 aliphatic heterocycles. The fourth-order valence-corrected chi connectivity index (χ4v) is 5.15. The third kappa shape index (κ3) is 4.53. The predicted octanol–water partition coefficient (Wildman–Crippen LogP) is 1.79. The van der Waals surface area contributed by atoms with E-state index in [2.05, 4.69) is 4.90 Å². The van der Waals surface area contributed by atoms with Gasteiger partial charge in [-0.1, -0.05) is 6.07 Å². The number of fused-ring (bicyclic) bond motifs is 1. The first kappa shape index (κ1) is 22.4. The summed E-state index contributed by atoms with van der Waals surface area (Å²) < 4.78 is 17.1. The number of para-hydroxylation sites is 1. The molecule has 1 N–H and O–H groups in total. The Morgan fingerprint density at radius 1 is 1.12 bits per heavy atom. The zero-order valence-corrected chi connectivity index (χ0v) is 18.2. The van der Waals surface area contributed by atoms with Gasteiger partial charge in [-0.25, -0.2) is 0 Å². The summed E-state index contributed by atoms with van der Waals surface area (Å²) in [6.07, 6.45) is 4.58. The monoisotopic (exact) mass is 446 g/mol. The van der Waals surface area contributed by atoms with Crippen LogP contribution in [0.2, 0.25) is 0 Å². The second kappa shape index (κ2) is 9.77. The number of hydrogen-bond donors (Lipinski definition) is 1. The van der Waals surface area contributed by atoms with E-state index in [0.717, 1.165) is 26.1 Å². The molecule has 5 rings (SSSR count). The van der Waals surface area contributed by atoms with Gasteiger partial charge in [0, 0.05) is 26.1 Å². The Bertz CT molecular complexity index is 845. The first-order chi connectivity index (χ1) is 15.6. The highest BCUT2D eigenvalue weighted by molar-refractivity contribution is 5.98. The number of carbonyl (C=O) groups is 3. The van der Waals surface area contributed by atoms with Gasteiger partial charge in [0.2, 0.25) is 0 Å². The molecule has 0 bridgehead atoms. The lowest BCUT2D eigenvalue weighted by Gasteiger charge is -2.37. The molecule has 0 aliphatic carbocycles. The van der Waals surface area contributed by atoms with Gasteiger partial charge in [-0.05, 0) is 50.9 Å². The fraction of sp³-hybridized carbons (Fsp3) is 0.609. The van der Waals surface area contributed by atoms with E-state index in [-0.39, 0.29) is 24.5 Å². The molecule has 1 unspecified atom stereocenters. The molecule has 32 heavy (non-hydrogen) atoms. The molecular formula is C23H30N2O7. The van der Waals surface area contributed by atoms with Gasteiger partial charge in [0.15, 0.2) is 11.5 Å². The lowest BCUT2D eigenvalue weighted by atomic mass is 9.76. The van der Waals surface area contributed by atoms with Gasteiger partial charge in [0.25, 0.3) is 12.4 Å². The van der Waals surface area contributed by atoms with Gasteiger partial charge in [0.05, 0.1) is 11.0 Å². The molecule has 1 amide bonds. The highest BCUT2D eigenvalue weighted by Crippen LogP contribution is 2.44. The summed E-state index contributed by atoms with van der Waals surface area (Å²) in [6.45, 7) is 4.89. The number of nitrogens with zero attached hydrogens (tertiary/aromatic N) is 2. The van der Waals surface area contributed by atoms with Crippen molar-refractivity contribution in [3.05, 3.63) is 23.8 Å². The molecule has 1 aromatic carbocycles. The fourth-order valence-electron chi connectivity index (χ4n) is 5.15. The average Bonchev–Trinajstić information content (AvgIpc) is 3.42. The van der Waals surface area contributed by atoms with Crippen LogP contribution in [0, 0.1) is 5.41 Å². The molecule has 4 heterocycles. The van der Waals surface area contributed by atoms with Crippen LogP contribution in [0.4, 0.5) is 0 Å². The topological polar surface area (TPSA) is 106 Å². The largest absolute Gasteiger partial charge is 0.486 e. The molecule has 1 spiro atoms. The van der Waals surface area contributed by atoms with Crippen molar-refractivity contribution in [1.82, 2.24) is 9.80 Å². The Labute approximate surface area is 187 Å². The Morgan fingerprint density at radius 3 is 2.53 bits per heavy atom. The SMILES string of the molecule is O=C(c1cccc2c1OCCO2)N1CCC2(CC1)CC(CN1CCCC1)OC2=O.O=CO. The van der Waals surface area contributed by atoms with Crippen LogP contribution in [-0.2, 0) is 14.3 Å². The van der Waals surface area contributed by atoms with Crippen LogP contribution in [0.15, 0.2) is 18.2 Å². The zero-order chi connectivity index (χ0) is 22.6. The van der Waals surface area contributed by atoms with Gasteiger partial charge in [-0.2, -0.15) is 0 Å². The molecule has 174 valence electrons. The molecular weight excluding hydrogens is 416 g/mol. The molecule has 4 aliphatic rings. The molecule has 1 atom stereocenters. The maximum atomic E-state index is 13.1. The van der Waals surface area contributed by atoms with Crippen LogP contribution in [0.5, 0.6) is 11.5 Å². The number of piperidine rings is 1. The Balaban J connectivity index is 0.000000775. The van der Waals surface area contributed by atoms with Crippen LogP contribution < -0.4 is 9.47 Å².